The van der Waals surface area contributed by atoms with Crippen molar-refractivity contribution in [3.05, 3.63) is 70.5 Å². The molecule has 3 rings (SSSR count). The average molecular weight is 483 g/mol. The molecule has 3 aromatic rings. The summed E-state index contributed by atoms with van der Waals surface area (Å²) < 4.78 is 5.21. The number of hydrogen-bond acceptors (Lipinski definition) is 7. The molecule has 9 nitrogen and oxygen atoms in total. The minimum atomic E-state index is -0.671. The van der Waals surface area contributed by atoms with Crippen LogP contribution in [0.2, 0.25) is 0 Å². The Morgan fingerprint density at radius 1 is 1.06 bits per heavy atom. The molecule has 0 fully saturated rings. The van der Waals surface area contributed by atoms with E-state index in [2.05, 4.69) is 15.6 Å². The smallest absolute Gasteiger partial charge is 0.396 e. The van der Waals surface area contributed by atoms with Gasteiger partial charge >= 0.3 is 12.1 Å². The molecule has 34 heavy (non-hydrogen) atoms. The van der Waals surface area contributed by atoms with E-state index in [0.29, 0.717) is 31.0 Å². The average Bonchev–Trinajstić information content (AvgIpc) is 3.22. The fraction of sp³-hybridized carbons (Fsp3) is 0.292. The molecule has 2 aromatic heterocycles. The maximum atomic E-state index is 12.8. The lowest BCUT2D eigenvalue weighted by molar-refractivity contribution is 0.189. The summed E-state index contributed by atoms with van der Waals surface area (Å²) in [7, 11) is 3.93. The molecule has 0 saturated heterocycles. The summed E-state index contributed by atoms with van der Waals surface area (Å²) in [6.45, 7) is 2.23. The Balaban J connectivity index is 1.54. The third-order valence-corrected chi connectivity index (χ3v) is 5.70. The van der Waals surface area contributed by atoms with E-state index in [9.17, 15) is 9.59 Å². The van der Waals surface area contributed by atoms with Crippen LogP contribution in [0.1, 0.15) is 11.1 Å². The van der Waals surface area contributed by atoms with E-state index >= 15 is 0 Å². The number of likely N-dealkylation sites (N-methyl/N-ethyl adjacent to an activating group) is 1. The number of nitrogens with zero attached hydrogens (tertiary/aromatic N) is 3. The van der Waals surface area contributed by atoms with E-state index in [4.69, 9.17) is 10.5 Å². The number of benzene rings is 1. The summed E-state index contributed by atoms with van der Waals surface area (Å²) in [5.41, 5.74) is 8.74. The van der Waals surface area contributed by atoms with Crippen molar-refractivity contribution in [3.63, 3.8) is 0 Å². The molecule has 0 aliphatic carbocycles. The quantitative estimate of drug-likeness (QED) is 0.407. The number of nitrogens with one attached hydrogen (secondary N) is 2. The molecule has 0 aliphatic heterocycles. The van der Waals surface area contributed by atoms with Crippen LogP contribution in [0, 0.1) is 0 Å². The van der Waals surface area contributed by atoms with Gasteiger partial charge in [0.25, 0.3) is 0 Å². The van der Waals surface area contributed by atoms with Gasteiger partial charge in [-0.3, -0.25) is 5.32 Å². The molecule has 0 saturated carbocycles. The van der Waals surface area contributed by atoms with Gasteiger partial charge in [0, 0.05) is 49.2 Å². The van der Waals surface area contributed by atoms with Crippen molar-refractivity contribution < 1.29 is 14.3 Å². The van der Waals surface area contributed by atoms with Crippen LogP contribution in [0.25, 0.3) is 0 Å². The van der Waals surface area contributed by atoms with Gasteiger partial charge < -0.3 is 25.6 Å². The Morgan fingerprint density at radius 2 is 1.85 bits per heavy atom. The molecule has 180 valence electrons. The fourth-order valence-electron chi connectivity index (χ4n) is 3.07. The highest BCUT2D eigenvalue weighted by atomic mass is 32.1. The van der Waals surface area contributed by atoms with Crippen LogP contribution in [0.4, 0.5) is 21.0 Å². The maximum absolute atomic E-state index is 12.8. The number of thiophene rings is 1. The lowest BCUT2D eigenvalue weighted by Crippen LogP contribution is -2.43. The maximum Gasteiger partial charge on any atom is 0.418 e. The first-order valence-corrected chi connectivity index (χ1v) is 11.8. The van der Waals surface area contributed by atoms with Gasteiger partial charge in [-0.05, 0) is 31.6 Å². The first-order valence-electron chi connectivity index (χ1n) is 10.9. The van der Waals surface area contributed by atoms with Crippen LogP contribution in [-0.4, -0.2) is 60.6 Å². The van der Waals surface area contributed by atoms with Crippen molar-refractivity contribution in [2.75, 3.05) is 44.8 Å². The van der Waals surface area contributed by atoms with E-state index < -0.39 is 6.09 Å². The topological polar surface area (TPSA) is 113 Å². The summed E-state index contributed by atoms with van der Waals surface area (Å²) in [5, 5.41) is 9.02. The summed E-state index contributed by atoms with van der Waals surface area (Å²) in [6, 6.07) is 13.3. The second-order valence-corrected chi connectivity index (χ2v) is 8.70. The van der Waals surface area contributed by atoms with Gasteiger partial charge in [0.1, 0.15) is 0 Å². The van der Waals surface area contributed by atoms with E-state index in [1.807, 2.05) is 49.3 Å². The number of urea groups is 1. The molecular formula is C24H30N6O3S. The second-order valence-electron chi connectivity index (χ2n) is 7.95. The SMILES string of the molecule is CN(C)CCN(Cc1ccc(OC(=O)Nc2cscc2N)nc1)C(=O)NCCc1ccccc1. The zero-order valence-corrected chi connectivity index (χ0v) is 20.2. The van der Waals surface area contributed by atoms with E-state index in [-0.39, 0.29) is 11.9 Å². The molecule has 10 heteroatoms. The summed E-state index contributed by atoms with van der Waals surface area (Å²) in [4.78, 5) is 32.8. The van der Waals surface area contributed by atoms with Crippen molar-refractivity contribution in [2.24, 2.45) is 0 Å². The molecule has 0 aliphatic rings. The largest absolute Gasteiger partial charge is 0.418 e. The van der Waals surface area contributed by atoms with Crippen molar-refractivity contribution in [2.45, 2.75) is 13.0 Å². The van der Waals surface area contributed by atoms with Crippen LogP contribution in [-0.2, 0) is 13.0 Å². The van der Waals surface area contributed by atoms with Crippen LogP contribution in [0.3, 0.4) is 0 Å². The number of hydrogen-bond donors (Lipinski definition) is 3. The van der Waals surface area contributed by atoms with Crippen LogP contribution in [0.15, 0.2) is 59.4 Å². The monoisotopic (exact) mass is 482 g/mol. The third kappa shape index (κ3) is 8.05. The fourth-order valence-corrected chi connectivity index (χ4v) is 3.74. The number of anilines is 2. The molecule has 1 aromatic carbocycles. The van der Waals surface area contributed by atoms with Crippen LogP contribution >= 0.6 is 11.3 Å². The van der Waals surface area contributed by atoms with Gasteiger partial charge in [-0.1, -0.05) is 36.4 Å². The van der Waals surface area contributed by atoms with Crippen LogP contribution < -0.4 is 21.1 Å². The zero-order chi connectivity index (χ0) is 24.3. The Labute approximate surface area is 203 Å². The highest BCUT2D eigenvalue weighted by Gasteiger charge is 2.15. The number of pyridine rings is 1. The third-order valence-electron chi connectivity index (χ3n) is 4.93. The number of nitrogens with two attached hydrogens (primary N) is 1. The minimum absolute atomic E-state index is 0.133. The Kier molecular flexibility index (Phi) is 9.24. The van der Waals surface area contributed by atoms with E-state index in [1.54, 1.807) is 34.0 Å². The summed E-state index contributed by atoms with van der Waals surface area (Å²) in [6.07, 6.45) is 1.69. The molecule has 4 N–H and O–H groups in total. The van der Waals surface area contributed by atoms with Gasteiger partial charge in [0.15, 0.2) is 0 Å². The standard InChI is InChI=1S/C24H30N6O3S/c1-29(2)12-13-30(23(31)26-11-10-18-6-4-3-5-7-18)15-19-8-9-22(27-14-19)33-24(32)28-21-17-34-16-20(21)25/h3-9,14,16-17H,10-13,15,25H2,1-2H3,(H,26,31)(H,28,32). The van der Waals surface area contributed by atoms with Crippen molar-refractivity contribution in [3.8, 4) is 5.88 Å². The first-order chi connectivity index (χ1) is 16.4. The molecular weight excluding hydrogens is 452 g/mol. The molecule has 3 amide bonds. The minimum Gasteiger partial charge on any atom is -0.396 e. The Hall–Kier alpha value is -3.63. The number of carbonyl (C=O) groups excluding carboxylic acids is 2. The van der Waals surface area contributed by atoms with Crippen molar-refractivity contribution >= 4 is 34.8 Å². The van der Waals surface area contributed by atoms with Gasteiger partial charge in [0.05, 0.1) is 11.4 Å². The summed E-state index contributed by atoms with van der Waals surface area (Å²) >= 11 is 1.38. The number of nitrogen functional groups attached to an aromatic ring is 1. The van der Waals surface area contributed by atoms with E-state index in [0.717, 1.165) is 18.5 Å². The van der Waals surface area contributed by atoms with Crippen LogP contribution in [0.5, 0.6) is 5.88 Å². The molecule has 2 heterocycles. The molecule has 0 bridgehead atoms. The van der Waals surface area contributed by atoms with Crippen molar-refractivity contribution in [1.82, 2.24) is 20.1 Å². The van der Waals surface area contributed by atoms with Gasteiger partial charge in [0.2, 0.25) is 5.88 Å². The normalized spacial score (nSPS) is 10.7. The molecule has 0 unspecified atom stereocenters. The zero-order valence-electron chi connectivity index (χ0n) is 19.4. The number of amides is 3. The van der Waals surface area contributed by atoms with Gasteiger partial charge in [-0.15, -0.1) is 11.3 Å². The van der Waals surface area contributed by atoms with Gasteiger partial charge in [-0.25, -0.2) is 14.6 Å². The Morgan fingerprint density at radius 3 is 2.50 bits per heavy atom. The highest BCUT2D eigenvalue weighted by Crippen LogP contribution is 2.23. The predicted octanol–water partition coefficient (Wildman–Crippen LogP) is 3.65. The predicted molar refractivity (Wildman–Crippen MR) is 135 cm³/mol. The lowest BCUT2D eigenvalue weighted by atomic mass is 10.1. The van der Waals surface area contributed by atoms with E-state index in [1.165, 1.54) is 16.9 Å². The lowest BCUT2D eigenvalue weighted by Gasteiger charge is -2.25. The summed E-state index contributed by atoms with van der Waals surface area (Å²) in [5.74, 6) is 0.155. The molecule has 0 spiro atoms. The molecule has 0 atom stereocenters. The number of aromatic nitrogens is 1. The van der Waals surface area contributed by atoms with Crippen molar-refractivity contribution in [1.29, 1.82) is 0 Å². The second kappa shape index (κ2) is 12.6. The first kappa shape index (κ1) is 25.0. The molecule has 0 radical (unpaired) electrons. The number of carbonyl (C=O) groups is 2. The van der Waals surface area contributed by atoms with Gasteiger partial charge in [-0.2, -0.15) is 0 Å². The number of rotatable bonds is 10. The highest BCUT2D eigenvalue weighted by molar-refractivity contribution is 7.09. The Bertz CT molecular complexity index is 1060. The number of ether oxygens (including phenoxy) is 1.